The molecule has 0 aromatic carbocycles. The van der Waals surface area contributed by atoms with Crippen molar-refractivity contribution < 1.29 is 14.4 Å². The predicted molar refractivity (Wildman–Crippen MR) is 66.2 cm³/mol. The molecule has 1 saturated heterocycles. The summed E-state index contributed by atoms with van der Waals surface area (Å²) in [5.74, 6) is -1.16. The van der Waals surface area contributed by atoms with Crippen LogP contribution in [0.5, 0.6) is 0 Å². The monoisotopic (exact) mass is 255 g/mol. The van der Waals surface area contributed by atoms with Gasteiger partial charge in [-0.05, 0) is 12.8 Å². The summed E-state index contributed by atoms with van der Waals surface area (Å²) >= 11 is 0. The lowest BCUT2D eigenvalue weighted by Gasteiger charge is -2.26. The molecule has 0 bridgehead atoms. The summed E-state index contributed by atoms with van der Waals surface area (Å²) in [5, 5.41) is 0. The highest BCUT2D eigenvalue weighted by Gasteiger charge is 2.47. The van der Waals surface area contributed by atoms with Crippen LogP contribution in [0.4, 0.5) is 0 Å². The highest BCUT2D eigenvalue weighted by atomic mass is 16.2. The predicted octanol–water partition coefficient (Wildman–Crippen LogP) is -0.244. The summed E-state index contributed by atoms with van der Waals surface area (Å²) in [7, 11) is 0. The molecule has 4 N–H and O–H groups in total. The maximum atomic E-state index is 12.3. The number of nitrogens with two attached hydrogens (primary N) is 2. The second kappa shape index (κ2) is 5.84. The molecule has 0 radical (unpaired) electrons. The van der Waals surface area contributed by atoms with Crippen molar-refractivity contribution >= 4 is 17.7 Å². The van der Waals surface area contributed by atoms with Gasteiger partial charge in [0, 0.05) is 13.0 Å². The minimum Gasteiger partial charge on any atom is -0.370 e. The van der Waals surface area contributed by atoms with E-state index in [-0.39, 0.29) is 18.9 Å². The van der Waals surface area contributed by atoms with E-state index in [1.807, 2.05) is 6.92 Å². The van der Waals surface area contributed by atoms with E-state index in [1.54, 1.807) is 0 Å². The zero-order chi connectivity index (χ0) is 13.8. The Morgan fingerprint density at radius 1 is 1.33 bits per heavy atom. The lowest BCUT2D eigenvalue weighted by atomic mass is 9.78. The fourth-order valence-corrected chi connectivity index (χ4v) is 2.56. The van der Waals surface area contributed by atoms with Crippen molar-refractivity contribution in [3.05, 3.63) is 0 Å². The van der Waals surface area contributed by atoms with Gasteiger partial charge in [-0.25, -0.2) is 0 Å². The number of unbranched alkanes of at least 4 members (excludes halogenated alkanes) is 1. The molecule has 1 fully saturated rings. The number of primary amides is 2. The van der Waals surface area contributed by atoms with Crippen molar-refractivity contribution in [1.82, 2.24) is 4.90 Å². The molecule has 0 aliphatic carbocycles. The largest absolute Gasteiger partial charge is 0.370 e. The normalized spacial score (nSPS) is 23.4. The third kappa shape index (κ3) is 3.21. The highest BCUT2D eigenvalue weighted by Crippen LogP contribution is 2.39. The molecule has 102 valence electrons. The Labute approximate surface area is 107 Å². The van der Waals surface area contributed by atoms with E-state index < -0.39 is 17.2 Å². The van der Waals surface area contributed by atoms with Crippen molar-refractivity contribution in [3.63, 3.8) is 0 Å². The smallest absolute Gasteiger partial charge is 0.237 e. The van der Waals surface area contributed by atoms with Crippen LogP contribution < -0.4 is 11.5 Å². The van der Waals surface area contributed by atoms with Crippen molar-refractivity contribution in [2.45, 2.75) is 39.0 Å². The lowest BCUT2D eigenvalue weighted by molar-refractivity contribution is -0.141. The third-order valence-electron chi connectivity index (χ3n) is 3.47. The van der Waals surface area contributed by atoms with Gasteiger partial charge in [-0.3, -0.25) is 14.4 Å². The number of hydrogen-bond donors (Lipinski definition) is 2. The van der Waals surface area contributed by atoms with Gasteiger partial charge in [0.05, 0.1) is 12.0 Å². The number of rotatable bonds is 7. The molecule has 0 aromatic heterocycles. The number of carbonyl (C=O) groups is 3. The molecule has 6 heteroatoms. The Hall–Kier alpha value is -1.59. The Bertz CT molecular complexity index is 356. The van der Waals surface area contributed by atoms with Gasteiger partial charge in [0.2, 0.25) is 17.7 Å². The van der Waals surface area contributed by atoms with Gasteiger partial charge in [-0.15, -0.1) is 0 Å². The SMILES string of the molecule is CCCCC1(CC(N)=O)CCN(CC(N)=O)C1=O. The molecule has 1 aliphatic heterocycles. The molecule has 0 saturated carbocycles. The van der Waals surface area contributed by atoms with Crippen molar-refractivity contribution in [2.75, 3.05) is 13.1 Å². The maximum absolute atomic E-state index is 12.3. The van der Waals surface area contributed by atoms with Crippen LogP contribution >= 0.6 is 0 Å². The maximum Gasteiger partial charge on any atom is 0.237 e. The first-order valence-corrected chi connectivity index (χ1v) is 6.27. The summed E-state index contributed by atoms with van der Waals surface area (Å²) in [6.07, 6.45) is 3.08. The van der Waals surface area contributed by atoms with Gasteiger partial charge in [-0.2, -0.15) is 0 Å². The first-order chi connectivity index (χ1) is 8.41. The average Bonchev–Trinajstić information content (AvgIpc) is 2.55. The lowest BCUT2D eigenvalue weighted by Crippen LogP contribution is -2.41. The Morgan fingerprint density at radius 3 is 2.50 bits per heavy atom. The molecule has 1 unspecified atom stereocenters. The van der Waals surface area contributed by atoms with E-state index in [0.717, 1.165) is 12.8 Å². The summed E-state index contributed by atoms with van der Waals surface area (Å²) < 4.78 is 0. The molecule has 6 nitrogen and oxygen atoms in total. The second-order valence-electron chi connectivity index (χ2n) is 4.97. The molecule has 0 spiro atoms. The fraction of sp³-hybridized carbons (Fsp3) is 0.750. The van der Waals surface area contributed by atoms with Crippen molar-refractivity contribution in [2.24, 2.45) is 16.9 Å². The summed E-state index contributed by atoms with van der Waals surface area (Å²) in [4.78, 5) is 35.8. The standard InChI is InChI=1S/C12H21N3O3/c1-2-3-4-12(7-9(13)16)5-6-15(11(12)18)8-10(14)17/h2-8H2,1H3,(H2,13,16)(H2,14,17). The first-order valence-electron chi connectivity index (χ1n) is 6.27. The number of nitrogens with zero attached hydrogens (tertiary/aromatic N) is 1. The minimum absolute atomic E-state index is 0.0566. The molecule has 1 rings (SSSR count). The number of likely N-dealkylation sites (tertiary alicyclic amines) is 1. The molecule has 0 aromatic rings. The summed E-state index contributed by atoms with van der Waals surface area (Å²) in [6.45, 7) is 2.42. The van der Waals surface area contributed by atoms with E-state index in [0.29, 0.717) is 19.4 Å². The van der Waals surface area contributed by atoms with Crippen LogP contribution in [-0.2, 0) is 14.4 Å². The fourth-order valence-electron chi connectivity index (χ4n) is 2.56. The first kappa shape index (κ1) is 14.5. The van der Waals surface area contributed by atoms with Gasteiger partial charge in [0.25, 0.3) is 0 Å². The van der Waals surface area contributed by atoms with Crippen LogP contribution in [0.1, 0.15) is 39.0 Å². The molecular weight excluding hydrogens is 234 g/mol. The van der Waals surface area contributed by atoms with E-state index in [9.17, 15) is 14.4 Å². The van der Waals surface area contributed by atoms with Gasteiger partial charge in [-0.1, -0.05) is 19.8 Å². The van der Waals surface area contributed by atoms with E-state index in [1.165, 1.54) is 4.90 Å². The van der Waals surface area contributed by atoms with Crippen LogP contribution in [0.25, 0.3) is 0 Å². The molecule has 18 heavy (non-hydrogen) atoms. The number of amides is 3. The molecule has 1 heterocycles. The Kier molecular flexibility index (Phi) is 4.69. The van der Waals surface area contributed by atoms with Crippen LogP contribution in [0.3, 0.4) is 0 Å². The zero-order valence-electron chi connectivity index (χ0n) is 10.8. The van der Waals surface area contributed by atoms with E-state index in [2.05, 4.69) is 0 Å². The van der Waals surface area contributed by atoms with Crippen LogP contribution in [-0.4, -0.2) is 35.7 Å². The van der Waals surface area contributed by atoms with Crippen molar-refractivity contribution in [3.8, 4) is 0 Å². The minimum atomic E-state index is -0.711. The summed E-state index contributed by atoms with van der Waals surface area (Å²) in [6, 6.07) is 0. The van der Waals surface area contributed by atoms with Crippen LogP contribution in [0.15, 0.2) is 0 Å². The third-order valence-corrected chi connectivity index (χ3v) is 3.47. The van der Waals surface area contributed by atoms with Crippen LogP contribution in [0, 0.1) is 5.41 Å². The Balaban J connectivity index is 2.81. The van der Waals surface area contributed by atoms with Gasteiger partial charge >= 0.3 is 0 Å². The van der Waals surface area contributed by atoms with E-state index >= 15 is 0 Å². The molecule has 3 amide bonds. The van der Waals surface area contributed by atoms with Gasteiger partial charge < -0.3 is 16.4 Å². The van der Waals surface area contributed by atoms with E-state index in [4.69, 9.17) is 11.5 Å². The topological polar surface area (TPSA) is 106 Å². The molecule has 1 atom stereocenters. The van der Waals surface area contributed by atoms with Crippen molar-refractivity contribution in [1.29, 1.82) is 0 Å². The quantitative estimate of drug-likeness (QED) is 0.655. The molecule has 1 aliphatic rings. The second-order valence-corrected chi connectivity index (χ2v) is 4.97. The highest BCUT2D eigenvalue weighted by molar-refractivity contribution is 5.92. The average molecular weight is 255 g/mol. The number of hydrogen-bond acceptors (Lipinski definition) is 3. The van der Waals surface area contributed by atoms with Crippen LogP contribution in [0.2, 0.25) is 0 Å². The zero-order valence-corrected chi connectivity index (χ0v) is 10.8. The number of carbonyl (C=O) groups excluding carboxylic acids is 3. The van der Waals surface area contributed by atoms with Gasteiger partial charge in [0.15, 0.2) is 0 Å². The van der Waals surface area contributed by atoms with Gasteiger partial charge in [0.1, 0.15) is 0 Å². The summed E-state index contributed by atoms with van der Waals surface area (Å²) in [5.41, 5.74) is 9.63. The Morgan fingerprint density at radius 2 is 2.00 bits per heavy atom. The molecular formula is C12H21N3O3.